The SMILES string of the molecule is O=C(c1cccc2c1OCCO2)N1CCCCC(N2CCCC2)C1. The Morgan fingerprint density at radius 3 is 2.67 bits per heavy atom. The second-order valence-electron chi connectivity index (χ2n) is 6.97. The van der Waals surface area contributed by atoms with Crippen molar-refractivity contribution in [2.45, 2.75) is 38.1 Å². The van der Waals surface area contributed by atoms with Crippen molar-refractivity contribution >= 4 is 5.91 Å². The number of likely N-dealkylation sites (tertiary alicyclic amines) is 2. The molecule has 1 aromatic rings. The van der Waals surface area contributed by atoms with Gasteiger partial charge in [0.15, 0.2) is 11.5 Å². The molecule has 5 nitrogen and oxygen atoms in total. The molecule has 3 aliphatic heterocycles. The molecule has 3 heterocycles. The first-order valence-corrected chi connectivity index (χ1v) is 9.25. The van der Waals surface area contributed by atoms with Crippen LogP contribution in [0.5, 0.6) is 11.5 Å². The summed E-state index contributed by atoms with van der Waals surface area (Å²) in [4.78, 5) is 17.8. The van der Waals surface area contributed by atoms with Crippen LogP contribution in [-0.4, -0.2) is 61.1 Å². The van der Waals surface area contributed by atoms with Gasteiger partial charge in [-0.3, -0.25) is 9.69 Å². The van der Waals surface area contributed by atoms with Crippen LogP contribution in [0.1, 0.15) is 42.5 Å². The van der Waals surface area contributed by atoms with Crippen LogP contribution in [0.15, 0.2) is 18.2 Å². The van der Waals surface area contributed by atoms with Crippen LogP contribution in [0.3, 0.4) is 0 Å². The van der Waals surface area contributed by atoms with E-state index in [9.17, 15) is 4.79 Å². The summed E-state index contributed by atoms with van der Waals surface area (Å²) >= 11 is 0. The number of fused-ring (bicyclic) bond motifs is 1. The summed E-state index contributed by atoms with van der Waals surface area (Å²) in [6.07, 6.45) is 6.08. The molecule has 0 radical (unpaired) electrons. The first kappa shape index (κ1) is 15.8. The summed E-state index contributed by atoms with van der Waals surface area (Å²) in [5.74, 6) is 1.40. The topological polar surface area (TPSA) is 42.0 Å². The van der Waals surface area contributed by atoms with Gasteiger partial charge >= 0.3 is 0 Å². The fraction of sp³-hybridized carbons (Fsp3) is 0.632. The molecule has 1 unspecified atom stereocenters. The maximum Gasteiger partial charge on any atom is 0.257 e. The number of benzene rings is 1. The molecule has 0 aliphatic carbocycles. The van der Waals surface area contributed by atoms with Gasteiger partial charge in [0.1, 0.15) is 13.2 Å². The van der Waals surface area contributed by atoms with Crippen molar-refractivity contribution in [2.24, 2.45) is 0 Å². The summed E-state index contributed by atoms with van der Waals surface area (Å²) in [6, 6.07) is 6.14. The average Bonchev–Trinajstić information content (AvgIpc) is 3.05. The third-order valence-corrected chi connectivity index (χ3v) is 5.39. The minimum atomic E-state index is 0.0865. The third-order valence-electron chi connectivity index (χ3n) is 5.39. The summed E-state index contributed by atoms with van der Waals surface area (Å²) < 4.78 is 11.4. The van der Waals surface area contributed by atoms with Crippen molar-refractivity contribution in [3.63, 3.8) is 0 Å². The Hall–Kier alpha value is -1.75. The lowest BCUT2D eigenvalue weighted by Crippen LogP contribution is -2.44. The molecule has 3 aliphatic rings. The van der Waals surface area contributed by atoms with E-state index in [0.29, 0.717) is 36.3 Å². The Bertz CT molecular complexity index is 598. The molecule has 1 atom stereocenters. The van der Waals surface area contributed by atoms with Gasteiger partial charge in [-0.05, 0) is 50.9 Å². The predicted octanol–water partition coefficient (Wildman–Crippen LogP) is 2.55. The van der Waals surface area contributed by atoms with Gasteiger partial charge in [0.05, 0.1) is 5.56 Å². The summed E-state index contributed by atoms with van der Waals surface area (Å²) in [5, 5.41) is 0. The van der Waals surface area contributed by atoms with E-state index in [1.54, 1.807) is 0 Å². The lowest BCUT2D eigenvalue weighted by molar-refractivity contribution is 0.0704. The molecule has 0 saturated carbocycles. The van der Waals surface area contributed by atoms with E-state index in [-0.39, 0.29) is 5.91 Å². The van der Waals surface area contributed by atoms with Gasteiger partial charge in [-0.1, -0.05) is 12.5 Å². The zero-order valence-electron chi connectivity index (χ0n) is 14.2. The fourth-order valence-electron chi connectivity index (χ4n) is 4.12. The molecule has 0 spiro atoms. The van der Waals surface area contributed by atoms with Crippen LogP contribution >= 0.6 is 0 Å². The largest absolute Gasteiger partial charge is 0.486 e. The number of ether oxygens (including phenoxy) is 2. The quantitative estimate of drug-likeness (QED) is 0.836. The van der Waals surface area contributed by atoms with Crippen molar-refractivity contribution in [3.8, 4) is 11.5 Å². The van der Waals surface area contributed by atoms with Gasteiger partial charge in [-0.25, -0.2) is 0 Å². The maximum atomic E-state index is 13.2. The van der Waals surface area contributed by atoms with E-state index in [1.807, 2.05) is 23.1 Å². The molecule has 0 N–H and O–H groups in total. The summed E-state index contributed by atoms with van der Waals surface area (Å²) in [6.45, 7) is 5.10. The molecule has 4 rings (SSSR count). The monoisotopic (exact) mass is 330 g/mol. The number of carbonyl (C=O) groups is 1. The summed E-state index contributed by atoms with van der Waals surface area (Å²) in [7, 11) is 0. The van der Waals surface area contributed by atoms with Gasteiger partial charge in [-0.2, -0.15) is 0 Å². The van der Waals surface area contributed by atoms with Crippen LogP contribution in [0.2, 0.25) is 0 Å². The van der Waals surface area contributed by atoms with E-state index in [1.165, 1.54) is 38.8 Å². The van der Waals surface area contributed by atoms with Crippen LogP contribution in [0.25, 0.3) is 0 Å². The van der Waals surface area contributed by atoms with Gasteiger partial charge in [0, 0.05) is 19.1 Å². The van der Waals surface area contributed by atoms with Crippen molar-refractivity contribution in [1.29, 1.82) is 0 Å². The van der Waals surface area contributed by atoms with Gasteiger partial charge < -0.3 is 14.4 Å². The molecule has 1 amide bonds. The van der Waals surface area contributed by atoms with Crippen LogP contribution < -0.4 is 9.47 Å². The second-order valence-corrected chi connectivity index (χ2v) is 6.97. The standard InChI is InChI=1S/C19H26N2O3/c22-19(16-7-5-8-17-18(16)24-13-12-23-17)21-11-2-1-6-15(14-21)20-9-3-4-10-20/h5,7-8,15H,1-4,6,9-14H2. The molecule has 2 saturated heterocycles. The smallest absolute Gasteiger partial charge is 0.257 e. The van der Waals surface area contributed by atoms with E-state index in [2.05, 4.69) is 4.90 Å². The number of hydrogen-bond acceptors (Lipinski definition) is 4. The minimum Gasteiger partial charge on any atom is -0.486 e. The average molecular weight is 330 g/mol. The molecular formula is C19H26N2O3. The van der Waals surface area contributed by atoms with Gasteiger partial charge in [0.25, 0.3) is 5.91 Å². The highest BCUT2D eigenvalue weighted by Crippen LogP contribution is 2.34. The Morgan fingerprint density at radius 2 is 1.79 bits per heavy atom. The molecule has 5 heteroatoms. The lowest BCUT2D eigenvalue weighted by atomic mass is 10.1. The molecule has 2 fully saturated rings. The second kappa shape index (κ2) is 7.01. The Labute approximate surface area is 143 Å². The zero-order valence-corrected chi connectivity index (χ0v) is 14.2. The van der Waals surface area contributed by atoms with E-state index in [0.717, 1.165) is 19.5 Å². The number of amides is 1. The molecule has 0 bridgehead atoms. The molecule has 130 valence electrons. The van der Waals surface area contributed by atoms with Crippen LogP contribution in [0.4, 0.5) is 0 Å². The highest BCUT2D eigenvalue weighted by Gasteiger charge is 2.30. The lowest BCUT2D eigenvalue weighted by Gasteiger charge is -2.31. The van der Waals surface area contributed by atoms with Crippen molar-refractivity contribution in [2.75, 3.05) is 39.4 Å². The fourth-order valence-corrected chi connectivity index (χ4v) is 4.12. The minimum absolute atomic E-state index is 0.0865. The van der Waals surface area contributed by atoms with Crippen LogP contribution in [0, 0.1) is 0 Å². The number of para-hydroxylation sites is 1. The highest BCUT2D eigenvalue weighted by atomic mass is 16.6. The molecule has 1 aromatic carbocycles. The normalized spacial score (nSPS) is 24.7. The third kappa shape index (κ3) is 3.09. The van der Waals surface area contributed by atoms with Crippen molar-refractivity contribution in [1.82, 2.24) is 9.80 Å². The summed E-state index contributed by atoms with van der Waals surface area (Å²) in [5.41, 5.74) is 0.647. The van der Waals surface area contributed by atoms with E-state index < -0.39 is 0 Å². The number of rotatable bonds is 2. The predicted molar refractivity (Wildman–Crippen MR) is 91.8 cm³/mol. The number of hydrogen-bond donors (Lipinski definition) is 0. The van der Waals surface area contributed by atoms with Crippen LogP contribution in [-0.2, 0) is 0 Å². The van der Waals surface area contributed by atoms with E-state index in [4.69, 9.17) is 9.47 Å². The Balaban J connectivity index is 1.54. The number of nitrogens with zero attached hydrogens (tertiary/aromatic N) is 2. The van der Waals surface area contributed by atoms with Crippen molar-refractivity contribution < 1.29 is 14.3 Å². The first-order chi connectivity index (χ1) is 11.8. The molecule has 0 aromatic heterocycles. The zero-order chi connectivity index (χ0) is 16.4. The molecular weight excluding hydrogens is 304 g/mol. The molecule has 24 heavy (non-hydrogen) atoms. The van der Waals surface area contributed by atoms with E-state index >= 15 is 0 Å². The van der Waals surface area contributed by atoms with Gasteiger partial charge in [0.2, 0.25) is 0 Å². The Morgan fingerprint density at radius 1 is 1.00 bits per heavy atom. The first-order valence-electron chi connectivity index (χ1n) is 9.25. The highest BCUT2D eigenvalue weighted by molar-refractivity contribution is 5.98. The van der Waals surface area contributed by atoms with Gasteiger partial charge in [-0.15, -0.1) is 0 Å². The number of carbonyl (C=O) groups excluding carboxylic acids is 1. The Kier molecular flexibility index (Phi) is 4.60. The maximum absolute atomic E-state index is 13.2. The van der Waals surface area contributed by atoms with Crippen molar-refractivity contribution in [3.05, 3.63) is 23.8 Å².